The second kappa shape index (κ2) is 5.07. The number of nitrogens with zero attached hydrogens (tertiary/aromatic N) is 2. The van der Waals surface area contributed by atoms with Crippen molar-refractivity contribution in [3.8, 4) is 0 Å². The zero-order valence-corrected chi connectivity index (χ0v) is 8.58. The Morgan fingerprint density at radius 1 is 1.69 bits per heavy atom. The van der Waals surface area contributed by atoms with Crippen LogP contribution in [0.15, 0.2) is 4.99 Å². The number of hydrogen-bond acceptors (Lipinski definition) is 2. The van der Waals surface area contributed by atoms with E-state index in [1.54, 1.807) is 7.05 Å². The molecule has 0 radical (unpaired) electrons. The van der Waals surface area contributed by atoms with Crippen molar-refractivity contribution >= 4 is 5.96 Å². The Bertz CT molecular complexity index is 178. The van der Waals surface area contributed by atoms with Gasteiger partial charge in [-0.05, 0) is 25.9 Å². The molecule has 4 heteroatoms. The van der Waals surface area contributed by atoms with Crippen molar-refractivity contribution < 1.29 is 0 Å². The standard InChI is InChI=1S/C9H20N4/c1-3-13-6-4-5-8(7-13)12-9(10)11-2/h8H,3-7H2,1-2H3,(H3,10,11,12). The maximum atomic E-state index is 5.61. The third kappa shape index (κ3) is 3.22. The fourth-order valence-corrected chi connectivity index (χ4v) is 1.73. The molecular formula is C9H20N4. The molecule has 13 heavy (non-hydrogen) atoms. The van der Waals surface area contributed by atoms with Crippen LogP contribution in [0.4, 0.5) is 0 Å². The lowest BCUT2D eigenvalue weighted by atomic mass is 10.1. The monoisotopic (exact) mass is 184 g/mol. The van der Waals surface area contributed by atoms with E-state index in [1.807, 2.05) is 0 Å². The Balaban J connectivity index is 2.34. The number of likely N-dealkylation sites (tertiary alicyclic amines) is 1. The highest BCUT2D eigenvalue weighted by Gasteiger charge is 2.18. The van der Waals surface area contributed by atoms with Gasteiger partial charge < -0.3 is 16.0 Å². The van der Waals surface area contributed by atoms with Crippen LogP contribution in [-0.2, 0) is 0 Å². The van der Waals surface area contributed by atoms with Gasteiger partial charge in [-0.1, -0.05) is 6.92 Å². The molecule has 0 bridgehead atoms. The number of aliphatic imine (C=N–C) groups is 1. The summed E-state index contributed by atoms with van der Waals surface area (Å²) in [5, 5.41) is 3.22. The second-order valence-corrected chi connectivity index (χ2v) is 3.49. The molecule has 1 aliphatic heterocycles. The minimum atomic E-state index is 0.484. The second-order valence-electron chi connectivity index (χ2n) is 3.49. The molecule has 4 nitrogen and oxygen atoms in total. The molecule has 0 aromatic carbocycles. The van der Waals surface area contributed by atoms with E-state index in [1.165, 1.54) is 19.4 Å². The largest absolute Gasteiger partial charge is 0.370 e. The first kappa shape index (κ1) is 10.3. The summed E-state index contributed by atoms with van der Waals surface area (Å²) in [6.45, 7) is 5.63. The van der Waals surface area contributed by atoms with E-state index in [2.05, 4.69) is 22.1 Å². The van der Waals surface area contributed by atoms with Gasteiger partial charge in [0.2, 0.25) is 0 Å². The van der Waals surface area contributed by atoms with Crippen LogP contribution in [0.2, 0.25) is 0 Å². The minimum Gasteiger partial charge on any atom is -0.370 e. The predicted octanol–water partition coefficient (Wildman–Crippen LogP) is 0.00480. The summed E-state index contributed by atoms with van der Waals surface area (Å²) in [6, 6.07) is 0.484. The number of nitrogens with one attached hydrogen (secondary N) is 1. The average Bonchev–Trinajstić information content (AvgIpc) is 2.18. The summed E-state index contributed by atoms with van der Waals surface area (Å²) in [7, 11) is 1.71. The van der Waals surface area contributed by atoms with E-state index in [-0.39, 0.29) is 0 Å². The van der Waals surface area contributed by atoms with Gasteiger partial charge in [0.05, 0.1) is 0 Å². The molecule has 0 aromatic rings. The van der Waals surface area contributed by atoms with E-state index in [0.717, 1.165) is 13.1 Å². The Kier molecular flexibility index (Phi) is 4.02. The van der Waals surface area contributed by atoms with Gasteiger partial charge in [-0.3, -0.25) is 4.99 Å². The van der Waals surface area contributed by atoms with Crippen LogP contribution in [0.3, 0.4) is 0 Å². The Hall–Kier alpha value is -0.770. The topological polar surface area (TPSA) is 53.6 Å². The normalized spacial score (nSPS) is 26.0. The van der Waals surface area contributed by atoms with E-state index in [4.69, 9.17) is 5.73 Å². The highest BCUT2D eigenvalue weighted by atomic mass is 15.2. The van der Waals surface area contributed by atoms with Crippen molar-refractivity contribution in [3.63, 3.8) is 0 Å². The Morgan fingerprint density at radius 2 is 2.46 bits per heavy atom. The van der Waals surface area contributed by atoms with Crippen LogP contribution in [0.1, 0.15) is 19.8 Å². The van der Waals surface area contributed by atoms with Crippen molar-refractivity contribution in [1.82, 2.24) is 10.2 Å². The Labute approximate surface area is 80.2 Å². The maximum Gasteiger partial charge on any atom is 0.188 e. The van der Waals surface area contributed by atoms with Crippen LogP contribution in [0, 0.1) is 0 Å². The number of nitrogens with two attached hydrogens (primary N) is 1. The quantitative estimate of drug-likeness (QED) is 0.469. The van der Waals surface area contributed by atoms with Crippen molar-refractivity contribution in [2.75, 3.05) is 26.7 Å². The molecule has 0 aromatic heterocycles. The summed E-state index contributed by atoms with van der Waals surface area (Å²) >= 11 is 0. The van der Waals surface area contributed by atoms with Crippen LogP contribution >= 0.6 is 0 Å². The van der Waals surface area contributed by atoms with Crippen molar-refractivity contribution in [2.24, 2.45) is 10.7 Å². The van der Waals surface area contributed by atoms with Crippen LogP contribution in [0.25, 0.3) is 0 Å². The molecule has 1 atom stereocenters. The van der Waals surface area contributed by atoms with Crippen molar-refractivity contribution in [2.45, 2.75) is 25.8 Å². The summed E-state index contributed by atoms with van der Waals surface area (Å²) < 4.78 is 0. The molecule has 1 fully saturated rings. The van der Waals surface area contributed by atoms with Crippen LogP contribution in [-0.4, -0.2) is 43.6 Å². The molecule has 1 saturated heterocycles. The van der Waals surface area contributed by atoms with Gasteiger partial charge in [-0.2, -0.15) is 0 Å². The average molecular weight is 184 g/mol. The van der Waals surface area contributed by atoms with Crippen LogP contribution in [0.5, 0.6) is 0 Å². The first-order valence-corrected chi connectivity index (χ1v) is 4.97. The Morgan fingerprint density at radius 3 is 3.08 bits per heavy atom. The third-order valence-electron chi connectivity index (χ3n) is 2.55. The summed E-state index contributed by atoms with van der Waals surface area (Å²) in [5.74, 6) is 0.558. The lowest BCUT2D eigenvalue weighted by Gasteiger charge is -2.32. The molecule has 0 saturated carbocycles. The molecule has 1 aliphatic rings. The van der Waals surface area contributed by atoms with E-state index in [9.17, 15) is 0 Å². The van der Waals surface area contributed by atoms with Crippen molar-refractivity contribution in [3.05, 3.63) is 0 Å². The van der Waals surface area contributed by atoms with Gasteiger partial charge in [0.1, 0.15) is 0 Å². The van der Waals surface area contributed by atoms with Gasteiger partial charge in [0.15, 0.2) is 5.96 Å². The summed E-state index contributed by atoms with van der Waals surface area (Å²) in [5.41, 5.74) is 5.61. The van der Waals surface area contributed by atoms with Crippen LogP contribution < -0.4 is 11.1 Å². The summed E-state index contributed by atoms with van der Waals surface area (Å²) in [6.07, 6.45) is 2.45. The SMILES string of the molecule is CCN1CCCC(NC(N)=NC)C1. The number of rotatable bonds is 2. The fraction of sp³-hybridized carbons (Fsp3) is 0.889. The number of hydrogen-bond donors (Lipinski definition) is 2. The molecule has 1 rings (SSSR count). The zero-order chi connectivity index (χ0) is 9.68. The highest BCUT2D eigenvalue weighted by Crippen LogP contribution is 2.08. The number of piperidine rings is 1. The smallest absolute Gasteiger partial charge is 0.188 e. The number of guanidine groups is 1. The first-order valence-electron chi connectivity index (χ1n) is 4.97. The molecule has 3 N–H and O–H groups in total. The molecule has 1 unspecified atom stereocenters. The van der Waals surface area contributed by atoms with E-state index in [0.29, 0.717) is 12.0 Å². The minimum absolute atomic E-state index is 0.484. The zero-order valence-electron chi connectivity index (χ0n) is 8.58. The van der Waals surface area contributed by atoms with Gasteiger partial charge in [0.25, 0.3) is 0 Å². The van der Waals surface area contributed by atoms with Gasteiger partial charge >= 0.3 is 0 Å². The highest BCUT2D eigenvalue weighted by molar-refractivity contribution is 5.77. The molecule has 0 amide bonds. The lowest BCUT2D eigenvalue weighted by Crippen LogP contribution is -2.49. The fourth-order valence-electron chi connectivity index (χ4n) is 1.73. The van der Waals surface area contributed by atoms with Crippen molar-refractivity contribution in [1.29, 1.82) is 0 Å². The molecular weight excluding hydrogens is 164 g/mol. The van der Waals surface area contributed by atoms with Gasteiger partial charge in [-0.15, -0.1) is 0 Å². The molecule has 76 valence electrons. The van der Waals surface area contributed by atoms with E-state index < -0.39 is 0 Å². The first-order chi connectivity index (χ1) is 6.26. The predicted molar refractivity (Wildman–Crippen MR) is 55.8 cm³/mol. The van der Waals surface area contributed by atoms with Gasteiger partial charge in [0, 0.05) is 19.6 Å². The third-order valence-corrected chi connectivity index (χ3v) is 2.55. The summed E-state index contributed by atoms with van der Waals surface area (Å²) in [4.78, 5) is 6.33. The number of likely N-dealkylation sites (N-methyl/N-ethyl adjacent to an activating group) is 1. The van der Waals surface area contributed by atoms with Gasteiger partial charge in [-0.25, -0.2) is 0 Å². The molecule has 1 heterocycles. The molecule has 0 spiro atoms. The lowest BCUT2D eigenvalue weighted by molar-refractivity contribution is 0.210. The molecule has 0 aliphatic carbocycles. The van der Waals surface area contributed by atoms with E-state index >= 15 is 0 Å². The maximum absolute atomic E-state index is 5.61.